The zero-order valence-electron chi connectivity index (χ0n) is 12.6. The van der Waals surface area contributed by atoms with Crippen molar-refractivity contribution >= 4 is 11.5 Å². The lowest BCUT2D eigenvalue weighted by atomic mass is 10.3. The quantitative estimate of drug-likeness (QED) is 0.867. The summed E-state index contributed by atoms with van der Waals surface area (Å²) in [7, 11) is 0. The van der Waals surface area contributed by atoms with Crippen LogP contribution in [0, 0.1) is 0 Å². The molecule has 2 aromatic heterocycles. The van der Waals surface area contributed by atoms with Crippen LogP contribution in [-0.2, 0) is 6.54 Å². The molecule has 2 amide bonds. The van der Waals surface area contributed by atoms with Gasteiger partial charge in [-0.25, -0.2) is 9.31 Å². The van der Waals surface area contributed by atoms with Gasteiger partial charge in [0.15, 0.2) is 0 Å². The molecule has 1 aliphatic rings. The topological polar surface area (TPSA) is 52.9 Å². The maximum absolute atomic E-state index is 11.9. The van der Waals surface area contributed by atoms with Crippen LogP contribution in [0.25, 0.3) is 5.52 Å². The number of urea groups is 1. The number of carbonyl (C=O) groups excluding carboxylic acids is 1. The summed E-state index contributed by atoms with van der Waals surface area (Å²) in [5.74, 6) is 0. The van der Waals surface area contributed by atoms with E-state index in [1.165, 1.54) is 0 Å². The highest BCUT2D eigenvalue weighted by molar-refractivity contribution is 5.74. The minimum Gasteiger partial charge on any atom is -0.335 e. The molecule has 0 aromatic carbocycles. The van der Waals surface area contributed by atoms with E-state index in [2.05, 4.69) is 34.0 Å². The number of amides is 2. The summed E-state index contributed by atoms with van der Waals surface area (Å²) >= 11 is 0. The van der Waals surface area contributed by atoms with Gasteiger partial charge in [-0.05, 0) is 18.2 Å². The SMILES string of the molecule is C=CCNC(=O)N1CCN(Cc2cc3ccccn3n2)CC1. The van der Waals surface area contributed by atoms with Crippen molar-refractivity contribution in [1.29, 1.82) is 0 Å². The van der Waals surface area contributed by atoms with Crippen molar-refractivity contribution in [1.82, 2.24) is 24.7 Å². The van der Waals surface area contributed by atoms with Crippen LogP contribution in [0.2, 0.25) is 0 Å². The zero-order valence-corrected chi connectivity index (χ0v) is 12.6. The Morgan fingerprint density at radius 1 is 1.32 bits per heavy atom. The summed E-state index contributed by atoms with van der Waals surface area (Å²) in [6.45, 7) is 8.18. The minimum absolute atomic E-state index is 0.00715. The van der Waals surface area contributed by atoms with Gasteiger partial charge in [-0.15, -0.1) is 6.58 Å². The van der Waals surface area contributed by atoms with Crippen molar-refractivity contribution in [3.8, 4) is 0 Å². The molecule has 1 saturated heterocycles. The van der Waals surface area contributed by atoms with Gasteiger partial charge in [0.1, 0.15) is 0 Å². The summed E-state index contributed by atoms with van der Waals surface area (Å²) in [5.41, 5.74) is 2.18. The smallest absolute Gasteiger partial charge is 0.317 e. The Bertz CT molecular complexity index is 624. The monoisotopic (exact) mass is 299 g/mol. The highest BCUT2D eigenvalue weighted by Gasteiger charge is 2.21. The van der Waals surface area contributed by atoms with E-state index in [1.54, 1.807) is 6.08 Å². The number of rotatable bonds is 4. The molecule has 0 unspecified atom stereocenters. The fourth-order valence-electron chi connectivity index (χ4n) is 2.68. The number of piperazine rings is 1. The largest absolute Gasteiger partial charge is 0.335 e. The summed E-state index contributed by atoms with van der Waals surface area (Å²) in [4.78, 5) is 16.1. The molecule has 0 radical (unpaired) electrons. The molecule has 0 spiro atoms. The van der Waals surface area contributed by atoms with Crippen LogP contribution in [0.4, 0.5) is 4.79 Å². The first-order valence-electron chi connectivity index (χ1n) is 7.55. The van der Waals surface area contributed by atoms with Gasteiger partial charge in [0, 0.05) is 45.5 Å². The number of fused-ring (bicyclic) bond motifs is 1. The highest BCUT2D eigenvalue weighted by Crippen LogP contribution is 2.10. The van der Waals surface area contributed by atoms with E-state index in [0.717, 1.165) is 43.9 Å². The van der Waals surface area contributed by atoms with E-state index in [9.17, 15) is 4.79 Å². The third-order valence-corrected chi connectivity index (χ3v) is 3.86. The molecular formula is C16H21N5O. The molecule has 0 atom stereocenters. The predicted octanol–water partition coefficient (Wildman–Crippen LogP) is 1.35. The van der Waals surface area contributed by atoms with E-state index in [-0.39, 0.29) is 6.03 Å². The van der Waals surface area contributed by atoms with Crippen LogP contribution in [0.1, 0.15) is 5.69 Å². The number of aromatic nitrogens is 2. The van der Waals surface area contributed by atoms with Crippen LogP contribution in [0.5, 0.6) is 0 Å². The summed E-state index contributed by atoms with van der Waals surface area (Å²) in [5, 5.41) is 7.39. The summed E-state index contributed by atoms with van der Waals surface area (Å²) in [6, 6.07) is 8.15. The average molecular weight is 299 g/mol. The molecule has 22 heavy (non-hydrogen) atoms. The van der Waals surface area contributed by atoms with Crippen molar-refractivity contribution in [3.63, 3.8) is 0 Å². The second-order valence-electron chi connectivity index (χ2n) is 5.44. The molecule has 1 fully saturated rings. The second kappa shape index (κ2) is 6.62. The number of nitrogens with one attached hydrogen (secondary N) is 1. The maximum Gasteiger partial charge on any atom is 0.317 e. The van der Waals surface area contributed by atoms with E-state index >= 15 is 0 Å². The van der Waals surface area contributed by atoms with E-state index in [0.29, 0.717) is 6.54 Å². The van der Waals surface area contributed by atoms with Gasteiger partial charge in [0.25, 0.3) is 0 Å². The normalized spacial score (nSPS) is 15.9. The Labute approximate surface area is 130 Å². The molecule has 6 nitrogen and oxygen atoms in total. The van der Waals surface area contributed by atoms with Gasteiger partial charge in [-0.3, -0.25) is 4.90 Å². The van der Waals surface area contributed by atoms with E-state index in [1.807, 2.05) is 27.7 Å². The van der Waals surface area contributed by atoms with Crippen molar-refractivity contribution in [2.24, 2.45) is 0 Å². The Kier molecular flexibility index (Phi) is 4.39. The number of nitrogens with zero attached hydrogens (tertiary/aromatic N) is 4. The van der Waals surface area contributed by atoms with Crippen molar-refractivity contribution < 1.29 is 4.79 Å². The van der Waals surface area contributed by atoms with E-state index in [4.69, 9.17) is 0 Å². The molecule has 1 aliphatic heterocycles. The molecule has 1 N–H and O–H groups in total. The maximum atomic E-state index is 11.9. The second-order valence-corrected chi connectivity index (χ2v) is 5.44. The number of hydrogen-bond donors (Lipinski definition) is 1. The first kappa shape index (κ1) is 14.6. The molecule has 0 bridgehead atoms. The van der Waals surface area contributed by atoms with Crippen molar-refractivity contribution in [2.45, 2.75) is 6.54 Å². The predicted molar refractivity (Wildman–Crippen MR) is 85.6 cm³/mol. The van der Waals surface area contributed by atoms with Crippen LogP contribution < -0.4 is 5.32 Å². The summed E-state index contributed by atoms with van der Waals surface area (Å²) < 4.78 is 1.90. The van der Waals surface area contributed by atoms with Gasteiger partial charge in [-0.1, -0.05) is 12.1 Å². The molecule has 3 heterocycles. The molecule has 6 heteroatoms. The van der Waals surface area contributed by atoms with Crippen molar-refractivity contribution in [2.75, 3.05) is 32.7 Å². The molecular weight excluding hydrogens is 278 g/mol. The Morgan fingerprint density at radius 2 is 2.14 bits per heavy atom. The molecule has 0 saturated carbocycles. The summed E-state index contributed by atoms with van der Waals surface area (Å²) in [6.07, 6.45) is 3.65. The van der Waals surface area contributed by atoms with Crippen LogP contribution in [0.3, 0.4) is 0 Å². The first-order valence-corrected chi connectivity index (χ1v) is 7.55. The van der Waals surface area contributed by atoms with Gasteiger partial charge in [-0.2, -0.15) is 5.10 Å². The Morgan fingerprint density at radius 3 is 2.86 bits per heavy atom. The standard InChI is InChI=1S/C16H21N5O/c1-2-6-17-16(22)20-10-8-19(9-11-20)13-14-12-15-5-3-4-7-21(15)18-14/h2-5,7,12H,1,6,8-11,13H2,(H,17,22). The lowest BCUT2D eigenvalue weighted by Crippen LogP contribution is -2.51. The van der Waals surface area contributed by atoms with Crippen LogP contribution in [-0.4, -0.2) is 58.2 Å². The number of pyridine rings is 1. The number of hydrogen-bond acceptors (Lipinski definition) is 3. The highest BCUT2D eigenvalue weighted by atomic mass is 16.2. The lowest BCUT2D eigenvalue weighted by molar-refractivity contribution is 0.135. The first-order chi connectivity index (χ1) is 10.8. The Balaban J connectivity index is 1.53. The molecule has 2 aromatic rings. The fraction of sp³-hybridized carbons (Fsp3) is 0.375. The van der Waals surface area contributed by atoms with Crippen LogP contribution >= 0.6 is 0 Å². The fourth-order valence-corrected chi connectivity index (χ4v) is 2.68. The minimum atomic E-state index is -0.00715. The van der Waals surface area contributed by atoms with Gasteiger partial charge in [0.2, 0.25) is 0 Å². The Hall–Kier alpha value is -2.34. The molecule has 0 aliphatic carbocycles. The third kappa shape index (κ3) is 3.28. The van der Waals surface area contributed by atoms with Gasteiger partial charge in [0.05, 0.1) is 11.2 Å². The third-order valence-electron chi connectivity index (χ3n) is 3.86. The molecule has 3 rings (SSSR count). The number of carbonyl (C=O) groups is 1. The lowest BCUT2D eigenvalue weighted by Gasteiger charge is -2.34. The zero-order chi connectivity index (χ0) is 15.4. The van der Waals surface area contributed by atoms with Gasteiger partial charge >= 0.3 is 6.03 Å². The van der Waals surface area contributed by atoms with Gasteiger partial charge < -0.3 is 10.2 Å². The van der Waals surface area contributed by atoms with E-state index < -0.39 is 0 Å². The van der Waals surface area contributed by atoms with Crippen LogP contribution in [0.15, 0.2) is 43.1 Å². The average Bonchev–Trinajstić information content (AvgIpc) is 2.95. The van der Waals surface area contributed by atoms with Crippen molar-refractivity contribution in [3.05, 3.63) is 48.8 Å². The molecule has 116 valence electrons.